The van der Waals surface area contributed by atoms with E-state index in [2.05, 4.69) is 36.5 Å². The van der Waals surface area contributed by atoms with Gasteiger partial charge >= 0.3 is 6.03 Å². The first-order valence-corrected chi connectivity index (χ1v) is 9.41. The Morgan fingerprint density at radius 3 is 2.38 bits per heavy atom. The fourth-order valence-corrected chi connectivity index (χ4v) is 3.46. The van der Waals surface area contributed by atoms with Crippen LogP contribution < -0.4 is 10.6 Å². The van der Waals surface area contributed by atoms with Gasteiger partial charge in [0.2, 0.25) is 0 Å². The summed E-state index contributed by atoms with van der Waals surface area (Å²) in [4.78, 5) is 42.7. The summed E-state index contributed by atoms with van der Waals surface area (Å²) in [6.07, 6.45) is 3.04. The van der Waals surface area contributed by atoms with E-state index >= 15 is 0 Å². The second-order valence-electron chi connectivity index (χ2n) is 6.38. The van der Waals surface area contributed by atoms with E-state index in [9.17, 15) is 19.5 Å². The zero-order valence-electron chi connectivity index (χ0n) is 14.9. The van der Waals surface area contributed by atoms with Gasteiger partial charge in [0.15, 0.2) is 5.78 Å². The standard InChI is InChI=1S/C20H15BrN4O4/c21-10-1-3-12-14(7-22-16(12)5-10)18(27)9-24-20(29)25-19(28)15-8-23-17-6-11(26)2-4-13(15)17/h1-8,22-23,26H,9H2,(H2,24,25,28,29). The number of imide groups is 1. The van der Waals surface area contributed by atoms with Crippen LogP contribution in [0.2, 0.25) is 0 Å². The van der Waals surface area contributed by atoms with Crippen molar-refractivity contribution in [2.75, 3.05) is 6.54 Å². The maximum atomic E-state index is 12.4. The van der Waals surface area contributed by atoms with Gasteiger partial charge < -0.3 is 20.4 Å². The largest absolute Gasteiger partial charge is 0.508 e. The van der Waals surface area contributed by atoms with Crippen LogP contribution in [-0.2, 0) is 0 Å². The molecule has 2 heterocycles. The number of urea groups is 1. The molecule has 8 nitrogen and oxygen atoms in total. The number of halogens is 1. The first-order chi connectivity index (χ1) is 13.9. The zero-order chi connectivity index (χ0) is 20.5. The molecule has 0 saturated carbocycles. The number of aromatic hydroxyl groups is 1. The number of nitrogens with one attached hydrogen (secondary N) is 4. The SMILES string of the molecule is O=C(NCC(=O)c1c[nH]c2cc(Br)ccc12)NC(=O)c1c[nH]c2cc(O)ccc12. The minimum Gasteiger partial charge on any atom is -0.508 e. The monoisotopic (exact) mass is 454 g/mol. The van der Waals surface area contributed by atoms with E-state index in [4.69, 9.17) is 0 Å². The molecule has 0 radical (unpaired) electrons. The summed E-state index contributed by atoms with van der Waals surface area (Å²) in [5, 5.41) is 15.4. The van der Waals surface area contributed by atoms with Crippen LogP contribution >= 0.6 is 15.9 Å². The van der Waals surface area contributed by atoms with Gasteiger partial charge in [-0.05, 0) is 24.3 Å². The molecule has 5 N–H and O–H groups in total. The molecule has 0 aliphatic rings. The Morgan fingerprint density at radius 2 is 1.59 bits per heavy atom. The Balaban J connectivity index is 1.40. The lowest BCUT2D eigenvalue weighted by Crippen LogP contribution is -2.41. The Labute approximate surface area is 172 Å². The molecule has 0 aliphatic heterocycles. The smallest absolute Gasteiger partial charge is 0.322 e. The van der Waals surface area contributed by atoms with Crippen LogP contribution in [0.25, 0.3) is 21.8 Å². The van der Waals surface area contributed by atoms with Crippen LogP contribution in [0.5, 0.6) is 5.75 Å². The van der Waals surface area contributed by atoms with Gasteiger partial charge in [-0.25, -0.2) is 4.79 Å². The second kappa shape index (κ2) is 7.44. The fraction of sp³-hybridized carbons (Fsp3) is 0.0500. The number of rotatable bonds is 4. The highest BCUT2D eigenvalue weighted by molar-refractivity contribution is 9.10. The summed E-state index contributed by atoms with van der Waals surface area (Å²) in [5.74, 6) is -0.847. The molecular weight excluding hydrogens is 440 g/mol. The van der Waals surface area contributed by atoms with Gasteiger partial charge in [0.1, 0.15) is 5.75 Å². The highest BCUT2D eigenvalue weighted by Crippen LogP contribution is 2.23. The van der Waals surface area contributed by atoms with Crippen molar-refractivity contribution in [3.05, 3.63) is 64.4 Å². The number of amides is 3. The molecule has 0 unspecified atom stereocenters. The maximum Gasteiger partial charge on any atom is 0.322 e. The number of hydrogen-bond acceptors (Lipinski definition) is 4. The van der Waals surface area contributed by atoms with Gasteiger partial charge in [0.25, 0.3) is 5.91 Å². The van der Waals surface area contributed by atoms with Crippen molar-refractivity contribution in [3.63, 3.8) is 0 Å². The van der Waals surface area contributed by atoms with Crippen LogP contribution in [0.15, 0.2) is 53.3 Å². The van der Waals surface area contributed by atoms with Crippen molar-refractivity contribution in [1.29, 1.82) is 0 Å². The average Bonchev–Trinajstić information content (AvgIpc) is 3.29. The summed E-state index contributed by atoms with van der Waals surface area (Å²) < 4.78 is 0.884. The first kappa shape index (κ1) is 18.8. The predicted molar refractivity (Wildman–Crippen MR) is 111 cm³/mol. The Kier molecular flexibility index (Phi) is 4.81. The summed E-state index contributed by atoms with van der Waals surface area (Å²) in [6, 6.07) is 9.21. The van der Waals surface area contributed by atoms with Gasteiger partial charge in [-0.15, -0.1) is 0 Å². The quantitative estimate of drug-likeness (QED) is 0.302. The number of hydrogen-bond donors (Lipinski definition) is 5. The number of carbonyl (C=O) groups excluding carboxylic acids is 3. The van der Waals surface area contributed by atoms with Gasteiger partial charge in [-0.2, -0.15) is 0 Å². The van der Waals surface area contributed by atoms with E-state index in [-0.39, 0.29) is 23.6 Å². The normalized spacial score (nSPS) is 10.9. The third-order valence-corrected chi connectivity index (χ3v) is 4.98. The van der Waals surface area contributed by atoms with Gasteiger partial charge in [0, 0.05) is 50.3 Å². The molecule has 0 atom stereocenters. The highest BCUT2D eigenvalue weighted by Gasteiger charge is 2.17. The summed E-state index contributed by atoms with van der Waals surface area (Å²) >= 11 is 3.37. The van der Waals surface area contributed by atoms with Crippen molar-refractivity contribution in [1.82, 2.24) is 20.6 Å². The summed E-state index contributed by atoms with van der Waals surface area (Å²) in [7, 11) is 0. The molecule has 2 aromatic carbocycles. The molecule has 2 aromatic heterocycles. The number of ketones is 1. The van der Waals surface area contributed by atoms with Crippen LogP contribution in [0.1, 0.15) is 20.7 Å². The van der Waals surface area contributed by atoms with Gasteiger partial charge in [0.05, 0.1) is 12.1 Å². The van der Waals surface area contributed by atoms with Crippen LogP contribution in [0, 0.1) is 0 Å². The van der Waals surface area contributed by atoms with E-state index in [1.54, 1.807) is 12.3 Å². The van der Waals surface area contributed by atoms with Gasteiger partial charge in [-0.3, -0.25) is 14.9 Å². The molecule has 29 heavy (non-hydrogen) atoms. The van der Waals surface area contributed by atoms with Crippen LogP contribution in [-0.4, -0.2) is 39.3 Å². The lowest BCUT2D eigenvalue weighted by atomic mass is 10.1. The Hall–Kier alpha value is -3.59. The molecule has 9 heteroatoms. The van der Waals surface area contributed by atoms with E-state index < -0.39 is 11.9 Å². The highest BCUT2D eigenvalue weighted by atomic mass is 79.9. The third kappa shape index (κ3) is 3.72. The van der Waals surface area contributed by atoms with E-state index in [1.807, 2.05) is 18.2 Å². The Morgan fingerprint density at radius 1 is 0.931 bits per heavy atom. The number of phenols is 1. The molecule has 0 saturated heterocycles. The number of H-pyrrole nitrogens is 2. The minimum absolute atomic E-state index is 0.0622. The molecule has 3 amide bonds. The van der Waals surface area contributed by atoms with Crippen molar-refractivity contribution in [2.45, 2.75) is 0 Å². The molecule has 4 rings (SSSR count). The lowest BCUT2D eigenvalue weighted by molar-refractivity contribution is 0.0953. The second-order valence-corrected chi connectivity index (χ2v) is 7.30. The van der Waals surface area contributed by atoms with Crippen molar-refractivity contribution < 1.29 is 19.5 Å². The molecule has 0 fully saturated rings. The van der Waals surface area contributed by atoms with Crippen LogP contribution in [0.3, 0.4) is 0 Å². The maximum absolute atomic E-state index is 12.4. The molecule has 0 bridgehead atoms. The lowest BCUT2D eigenvalue weighted by Gasteiger charge is -2.06. The van der Waals surface area contributed by atoms with E-state index in [0.717, 1.165) is 15.4 Å². The topological polar surface area (TPSA) is 127 Å². The van der Waals surface area contributed by atoms with Crippen molar-refractivity contribution in [3.8, 4) is 5.75 Å². The number of phenolic OH excluding ortho intramolecular Hbond substituents is 1. The predicted octanol–water partition coefficient (Wildman–Crippen LogP) is 3.44. The number of benzene rings is 2. The minimum atomic E-state index is -0.779. The number of carbonyl (C=O) groups is 3. The van der Waals surface area contributed by atoms with Gasteiger partial charge in [-0.1, -0.05) is 22.0 Å². The van der Waals surface area contributed by atoms with E-state index in [0.29, 0.717) is 16.5 Å². The van der Waals surface area contributed by atoms with Crippen molar-refractivity contribution in [2.24, 2.45) is 0 Å². The third-order valence-electron chi connectivity index (χ3n) is 4.49. The summed E-state index contributed by atoms with van der Waals surface area (Å²) in [5.41, 5.74) is 2.07. The number of fused-ring (bicyclic) bond motifs is 2. The number of aromatic amines is 2. The molecule has 146 valence electrons. The average molecular weight is 455 g/mol. The fourth-order valence-electron chi connectivity index (χ4n) is 3.10. The molecular formula is C20H15BrN4O4. The first-order valence-electron chi connectivity index (χ1n) is 8.61. The molecule has 4 aromatic rings. The molecule has 0 aliphatic carbocycles. The van der Waals surface area contributed by atoms with Crippen molar-refractivity contribution >= 4 is 55.5 Å². The zero-order valence-corrected chi connectivity index (χ0v) is 16.5. The Bertz CT molecular complexity index is 1270. The number of Topliss-reactive ketones (excluding diaryl/α,β-unsaturated/α-hetero) is 1. The molecule has 0 spiro atoms. The summed E-state index contributed by atoms with van der Waals surface area (Å²) in [6.45, 7) is -0.260. The number of aromatic nitrogens is 2. The van der Waals surface area contributed by atoms with Crippen LogP contribution in [0.4, 0.5) is 4.79 Å². The van der Waals surface area contributed by atoms with E-state index in [1.165, 1.54) is 18.3 Å².